The van der Waals surface area contributed by atoms with E-state index in [2.05, 4.69) is 11.9 Å². The zero-order valence-corrected chi connectivity index (χ0v) is 10.2. The van der Waals surface area contributed by atoms with Crippen LogP contribution in [0.4, 0.5) is 0 Å². The van der Waals surface area contributed by atoms with Crippen LogP contribution in [0.15, 0.2) is 12.7 Å². The summed E-state index contributed by atoms with van der Waals surface area (Å²) < 4.78 is 0. The van der Waals surface area contributed by atoms with E-state index in [0.717, 1.165) is 19.4 Å². The standard InChI is InChI=1S/C12H21N3O2/c1-2-4-11(16)15-8-3-5-10(9-15)12(17)14-7-6-13/h2,10H,1,3-9,13H2,(H,14,17). The molecule has 1 aliphatic heterocycles. The second-order valence-electron chi connectivity index (χ2n) is 4.25. The lowest BCUT2D eigenvalue weighted by Gasteiger charge is -2.31. The fourth-order valence-electron chi connectivity index (χ4n) is 2.01. The molecule has 0 aromatic heterocycles. The molecule has 0 aliphatic carbocycles. The summed E-state index contributed by atoms with van der Waals surface area (Å²) in [5, 5.41) is 2.77. The van der Waals surface area contributed by atoms with Crippen LogP contribution in [0.5, 0.6) is 0 Å². The summed E-state index contributed by atoms with van der Waals surface area (Å²) in [5.41, 5.74) is 5.33. The summed E-state index contributed by atoms with van der Waals surface area (Å²) >= 11 is 0. The summed E-state index contributed by atoms with van der Waals surface area (Å²) in [4.78, 5) is 25.2. The Morgan fingerprint density at radius 1 is 1.53 bits per heavy atom. The molecule has 1 heterocycles. The molecule has 2 amide bonds. The number of piperidine rings is 1. The second-order valence-corrected chi connectivity index (χ2v) is 4.25. The van der Waals surface area contributed by atoms with Crippen LogP contribution >= 0.6 is 0 Å². The van der Waals surface area contributed by atoms with Crippen molar-refractivity contribution in [2.24, 2.45) is 11.7 Å². The van der Waals surface area contributed by atoms with Gasteiger partial charge in [0.2, 0.25) is 11.8 Å². The largest absolute Gasteiger partial charge is 0.355 e. The Balaban J connectivity index is 2.45. The second kappa shape index (κ2) is 7.06. The predicted octanol–water partition coefficient (Wildman–Crippen LogP) is -0.124. The minimum Gasteiger partial charge on any atom is -0.355 e. The monoisotopic (exact) mass is 239 g/mol. The molecule has 5 nitrogen and oxygen atoms in total. The third-order valence-corrected chi connectivity index (χ3v) is 2.91. The van der Waals surface area contributed by atoms with Gasteiger partial charge in [-0.15, -0.1) is 6.58 Å². The van der Waals surface area contributed by atoms with Crippen LogP contribution in [0.3, 0.4) is 0 Å². The quantitative estimate of drug-likeness (QED) is 0.657. The van der Waals surface area contributed by atoms with E-state index in [-0.39, 0.29) is 17.7 Å². The molecule has 0 aromatic carbocycles. The van der Waals surface area contributed by atoms with Gasteiger partial charge < -0.3 is 16.0 Å². The molecule has 1 aliphatic rings. The molecule has 1 fully saturated rings. The molecule has 3 N–H and O–H groups in total. The van der Waals surface area contributed by atoms with Crippen molar-refractivity contribution in [3.05, 3.63) is 12.7 Å². The lowest BCUT2D eigenvalue weighted by atomic mass is 9.97. The normalized spacial score (nSPS) is 19.8. The van der Waals surface area contributed by atoms with Gasteiger partial charge in [0.1, 0.15) is 0 Å². The molecule has 17 heavy (non-hydrogen) atoms. The molecule has 1 saturated heterocycles. The van der Waals surface area contributed by atoms with Crippen molar-refractivity contribution < 1.29 is 9.59 Å². The number of rotatable bonds is 5. The third-order valence-electron chi connectivity index (χ3n) is 2.91. The highest BCUT2D eigenvalue weighted by atomic mass is 16.2. The van der Waals surface area contributed by atoms with Crippen LogP contribution in [0.1, 0.15) is 19.3 Å². The van der Waals surface area contributed by atoms with Gasteiger partial charge in [0.05, 0.1) is 5.92 Å². The van der Waals surface area contributed by atoms with Gasteiger partial charge in [0, 0.05) is 32.6 Å². The number of hydrogen-bond acceptors (Lipinski definition) is 3. The number of amides is 2. The highest BCUT2D eigenvalue weighted by Gasteiger charge is 2.27. The van der Waals surface area contributed by atoms with Crippen LogP contribution in [0.2, 0.25) is 0 Å². The molecule has 0 spiro atoms. The summed E-state index contributed by atoms with van der Waals surface area (Å²) in [6, 6.07) is 0. The van der Waals surface area contributed by atoms with Gasteiger partial charge in [-0.3, -0.25) is 9.59 Å². The van der Waals surface area contributed by atoms with Gasteiger partial charge in [-0.25, -0.2) is 0 Å². The molecule has 5 heteroatoms. The van der Waals surface area contributed by atoms with Crippen LogP contribution in [-0.4, -0.2) is 42.9 Å². The predicted molar refractivity (Wildman–Crippen MR) is 66.2 cm³/mol. The fraction of sp³-hybridized carbons (Fsp3) is 0.667. The molecule has 96 valence electrons. The third kappa shape index (κ3) is 4.19. The SMILES string of the molecule is C=CCC(=O)N1CCCC(C(=O)NCCN)C1. The Morgan fingerprint density at radius 2 is 2.29 bits per heavy atom. The first-order valence-corrected chi connectivity index (χ1v) is 6.05. The van der Waals surface area contributed by atoms with Crippen molar-refractivity contribution >= 4 is 11.8 Å². The molecule has 0 saturated carbocycles. The molecule has 1 unspecified atom stereocenters. The topological polar surface area (TPSA) is 75.4 Å². The van der Waals surface area contributed by atoms with Crippen LogP contribution in [0.25, 0.3) is 0 Å². The van der Waals surface area contributed by atoms with Crippen LogP contribution < -0.4 is 11.1 Å². The first-order chi connectivity index (χ1) is 8.19. The lowest BCUT2D eigenvalue weighted by Crippen LogP contribution is -2.46. The van der Waals surface area contributed by atoms with E-state index in [0.29, 0.717) is 26.1 Å². The van der Waals surface area contributed by atoms with Crippen LogP contribution in [0, 0.1) is 5.92 Å². The number of nitrogens with zero attached hydrogens (tertiary/aromatic N) is 1. The highest BCUT2D eigenvalue weighted by molar-refractivity contribution is 5.81. The number of hydrogen-bond donors (Lipinski definition) is 2. The zero-order valence-electron chi connectivity index (χ0n) is 10.2. The maximum atomic E-state index is 11.8. The Hall–Kier alpha value is -1.36. The summed E-state index contributed by atoms with van der Waals surface area (Å²) in [6.07, 6.45) is 3.66. The Kier molecular flexibility index (Phi) is 5.69. The van der Waals surface area contributed by atoms with Crippen molar-refractivity contribution in [2.75, 3.05) is 26.2 Å². The van der Waals surface area contributed by atoms with Crippen molar-refractivity contribution in [3.8, 4) is 0 Å². The smallest absolute Gasteiger partial charge is 0.226 e. The summed E-state index contributed by atoms with van der Waals surface area (Å²) in [7, 11) is 0. The highest BCUT2D eigenvalue weighted by Crippen LogP contribution is 2.17. The molecule has 1 rings (SSSR count). The van der Waals surface area contributed by atoms with Gasteiger partial charge in [-0.2, -0.15) is 0 Å². The van der Waals surface area contributed by atoms with E-state index in [1.807, 2.05) is 0 Å². The van der Waals surface area contributed by atoms with E-state index >= 15 is 0 Å². The first-order valence-electron chi connectivity index (χ1n) is 6.05. The van der Waals surface area contributed by atoms with Crippen molar-refractivity contribution in [1.82, 2.24) is 10.2 Å². The minimum absolute atomic E-state index is 0.00607. The van der Waals surface area contributed by atoms with Crippen molar-refractivity contribution in [3.63, 3.8) is 0 Å². The van der Waals surface area contributed by atoms with Crippen molar-refractivity contribution in [2.45, 2.75) is 19.3 Å². The maximum Gasteiger partial charge on any atom is 0.226 e. The van der Waals surface area contributed by atoms with Crippen LogP contribution in [-0.2, 0) is 9.59 Å². The van der Waals surface area contributed by atoms with E-state index in [4.69, 9.17) is 5.73 Å². The van der Waals surface area contributed by atoms with Crippen molar-refractivity contribution in [1.29, 1.82) is 0 Å². The maximum absolute atomic E-state index is 11.8. The average Bonchev–Trinajstić information content (AvgIpc) is 2.36. The Bertz CT molecular complexity index is 291. The molecular weight excluding hydrogens is 218 g/mol. The Morgan fingerprint density at radius 3 is 2.94 bits per heavy atom. The number of likely N-dealkylation sites (tertiary alicyclic amines) is 1. The molecular formula is C12H21N3O2. The zero-order chi connectivity index (χ0) is 12.7. The van der Waals surface area contributed by atoms with Gasteiger partial charge in [0.25, 0.3) is 0 Å². The summed E-state index contributed by atoms with van der Waals surface area (Å²) in [5.74, 6) is -0.0352. The molecule has 1 atom stereocenters. The molecule has 0 aromatic rings. The Labute approximate surface area is 102 Å². The van der Waals surface area contributed by atoms with E-state index in [1.165, 1.54) is 0 Å². The molecule has 0 radical (unpaired) electrons. The summed E-state index contributed by atoms with van der Waals surface area (Å²) in [6.45, 7) is 5.75. The van der Waals surface area contributed by atoms with E-state index in [1.54, 1.807) is 11.0 Å². The minimum atomic E-state index is -0.0935. The average molecular weight is 239 g/mol. The fourth-order valence-corrected chi connectivity index (χ4v) is 2.01. The van der Waals surface area contributed by atoms with Gasteiger partial charge in [0.15, 0.2) is 0 Å². The number of nitrogens with two attached hydrogens (primary N) is 1. The van der Waals surface area contributed by atoms with E-state index in [9.17, 15) is 9.59 Å². The number of carbonyl (C=O) groups is 2. The van der Waals surface area contributed by atoms with Gasteiger partial charge >= 0.3 is 0 Å². The van der Waals surface area contributed by atoms with Gasteiger partial charge in [-0.1, -0.05) is 6.08 Å². The first kappa shape index (κ1) is 13.7. The number of nitrogens with one attached hydrogen (secondary N) is 1. The van der Waals surface area contributed by atoms with Gasteiger partial charge in [-0.05, 0) is 12.8 Å². The van der Waals surface area contributed by atoms with E-state index < -0.39 is 0 Å². The number of carbonyl (C=O) groups excluding carboxylic acids is 2. The molecule has 0 bridgehead atoms. The lowest BCUT2D eigenvalue weighted by molar-refractivity contribution is -0.135.